The number of likely N-dealkylation sites (tertiary alicyclic amines) is 1. The lowest BCUT2D eigenvalue weighted by atomic mass is 9.49. The van der Waals surface area contributed by atoms with Crippen LogP contribution in [0.1, 0.15) is 132 Å². The minimum atomic E-state index is -0.200. The Hall–Kier alpha value is -1.42. The van der Waals surface area contributed by atoms with Crippen molar-refractivity contribution in [1.29, 1.82) is 5.26 Å². The molecular formula is C51H86N10O4S. The van der Waals surface area contributed by atoms with Crippen molar-refractivity contribution < 1.29 is 19.0 Å². The number of hydrogen-bond donors (Lipinski definition) is 6. The second-order valence-corrected chi connectivity index (χ2v) is 25.8. The van der Waals surface area contributed by atoms with Crippen LogP contribution in [0.5, 0.6) is 0 Å². The van der Waals surface area contributed by atoms with E-state index in [1.54, 1.807) is 12.8 Å². The van der Waals surface area contributed by atoms with Crippen molar-refractivity contribution in [3.63, 3.8) is 0 Å². The van der Waals surface area contributed by atoms with Crippen molar-refractivity contribution in [1.82, 2.24) is 41.9 Å². The fourth-order valence-electron chi connectivity index (χ4n) is 15.9. The molecule has 10 unspecified atom stereocenters. The normalized spacial score (nSPS) is 45.9. The van der Waals surface area contributed by atoms with Gasteiger partial charge in [0.05, 0.1) is 66.6 Å². The number of nitrogens with zero attached hydrogens (tertiary/aromatic N) is 4. The van der Waals surface area contributed by atoms with Gasteiger partial charge in [0.15, 0.2) is 0 Å². The van der Waals surface area contributed by atoms with Gasteiger partial charge in [-0.25, -0.2) is 10.9 Å². The highest BCUT2D eigenvalue weighted by atomic mass is 32.2. The summed E-state index contributed by atoms with van der Waals surface area (Å²) in [7, 11) is 1.70. The third kappa shape index (κ3) is 8.98. The number of ether oxygens (including phenoxy) is 3. The molecule has 5 saturated heterocycles. The molecule has 1 amide bonds. The van der Waals surface area contributed by atoms with Gasteiger partial charge in [0.1, 0.15) is 12.5 Å². The number of nitriles is 1. The van der Waals surface area contributed by atoms with Crippen LogP contribution in [0.15, 0.2) is 4.99 Å². The molecule has 6 aliphatic heterocycles. The maximum atomic E-state index is 13.8. The lowest BCUT2D eigenvalue weighted by molar-refractivity contribution is -0.239. The molecule has 15 heteroatoms. The Kier molecular flexibility index (Phi) is 14.1. The van der Waals surface area contributed by atoms with E-state index in [0.717, 1.165) is 63.8 Å². The standard InChI is InChI=1S/C51H86N10O4S/c1-29-30(2)66-45-41(29)42(56-38(24-40-53-20-22-64-40)43-59-58-31(3)61(43)45)34-11-9-32(10-12-34)33-15-17-51(18-16-33)19-21-60(28-51)48-54-26-36(27-55-48)44(62)57-46-49(4,5)47(50(46,6)7)65-37-14-13-35(25-52)39(23-37)63-8/h29-41,43,45-48,53-55,58-59H,9-24,26-28H2,1-8H3,(H,57,62)/t29?,30?,31?,32?,33?,34?,35?,36?,37?,38-,39?,40?,41?,43?,45?,46?,47?,48?,51?/m0/s1. The van der Waals surface area contributed by atoms with E-state index < -0.39 is 0 Å². The zero-order chi connectivity index (χ0) is 46.1. The average molecular weight is 935 g/mol. The average Bonchev–Trinajstić information content (AvgIpc) is 4.12. The number of hydrogen-bond acceptors (Lipinski definition) is 14. The number of carbonyl (C=O) groups is 1. The SMILES string of the molecule is COC1CC(OC2C(C)(C)C(NC(=O)C3CNC(N4CCC5(CCC(C6CCC(C7=N[C@@H](CC8NCCO8)C8NNC(C)N8C8SC(C)C(C)C78)CC6)CC5)C4)NC3)C2(C)C)CCC1C#N. The van der Waals surface area contributed by atoms with E-state index in [-0.39, 0.29) is 83.8 Å². The first-order valence-corrected chi connectivity index (χ1v) is 27.6. The first-order valence-electron chi connectivity index (χ1n) is 26.6. The number of fused-ring (bicyclic) bond motifs is 3. The summed E-state index contributed by atoms with van der Waals surface area (Å²) in [6, 6.07) is 2.61. The van der Waals surface area contributed by atoms with Crippen LogP contribution in [0.25, 0.3) is 0 Å². The molecule has 9 fully saturated rings. The number of rotatable bonds is 10. The van der Waals surface area contributed by atoms with Crippen molar-refractivity contribution in [2.45, 2.75) is 198 Å². The van der Waals surface area contributed by atoms with Crippen LogP contribution in [0.2, 0.25) is 0 Å². The Balaban J connectivity index is 0.685. The van der Waals surface area contributed by atoms with Gasteiger partial charge in [-0.05, 0) is 107 Å². The van der Waals surface area contributed by atoms with Crippen molar-refractivity contribution in [2.75, 3.05) is 46.4 Å². The summed E-state index contributed by atoms with van der Waals surface area (Å²) < 4.78 is 18.6. The molecule has 66 heavy (non-hydrogen) atoms. The van der Waals surface area contributed by atoms with E-state index in [1.807, 2.05) is 0 Å². The summed E-state index contributed by atoms with van der Waals surface area (Å²) in [6.45, 7) is 21.6. The third-order valence-corrected chi connectivity index (χ3v) is 21.3. The number of methoxy groups -OCH3 is 1. The quantitative estimate of drug-likeness (QED) is 0.166. The summed E-state index contributed by atoms with van der Waals surface area (Å²) in [5, 5.41) is 25.2. The fraction of sp³-hybridized carbons (Fsp3) is 0.941. The Morgan fingerprint density at radius 3 is 2.36 bits per heavy atom. The Morgan fingerprint density at radius 2 is 1.68 bits per heavy atom. The molecule has 0 radical (unpaired) electrons. The molecule has 6 heterocycles. The summed E-state index contributed by atoms with van der Waals surface area (Å²) in [5.74, 6) is 3.40. The van der Waals surface area contributed by atoms with Crippen molar-refractivity contribution in [3.05, 3.63) is 0 Å². The van der Waals surface area contributed by atoms with Crippen molar-refractivity contribution in [3.8, 4) is 6.07 Å². The van der Waals surface area contributed by atoms with Gasteiger partial charge in [0, 0.05) is 86.4 Å². The largest absolute Gasteiger partial charge is 0.380 e. The lowest BCUT2D eigenvalue weighted by Gasteiger charge is -2.64. The number of carbonyl (C=O) groups excluding carboxylic acids is 1. The van der Waals surface area contributed by atoms with Crippen molar-refractivity contribution in [2.24, 2.45) is 62.7 Å². The van der Waals surface area contributed by atoms with E-state index in [1.165, 1.54) is 57.8 Å². The van der Waals surface area contributed by atoms with Crippen LogP contribution in [-0.4, -0.2) is 134 Å². The third-order valence-electron chi connectivity index (χ3n) is 19.7. The maximum Gasteiger partial charge on any atom is 0.225 e. The number of hydrazine groups is 1. The molecule has 370 valence electrons. The van der Waals surface area contributed by atoms with Gasteiger partial charge in [0.2, 0.25) is 5.91 Å². The van der Waals surface area contributed by atoms with Crippen LogP contribution in [0.3, 0.4) is 0 Å². The van der Waals surface area contributed by atoms with Crippen LogP contribution < -0.4 is 32.1 Å². The Morgan fingerprint density at radius 1 is 0.955 bits per heavy atom. The highest BCUT2D eigenvalue weighted by Crippen LogP contribution is 2.57. The molecular weight excluding hydrogens is 849 g/mol. The molecule has 4 saturated carbocycles. The van der Waals surface area contributed by atoms with Gasteiger partial charge < -0.3 is 19.5 Å². The Labute approximate surface area is 401 Å². The summed E-state index contributed by atoms with van der Waals surface area (Å²) >= 11 is 2.19. The van der Waals surface area contributed by atoms with E-state index in [2.05, 4.69) is 108 Å². The van der Waals surface area contributed by atoms with Crippen molar-refractivity contribution >= 4 is 23.4 Å². The zero-order valence-electron chi connectivity index (χ0n) is 41.7. The Bertz CT molecular complexity index is 1770. The second-order valence-electron chi connectivity index (χ2n) is 24.3. The highest BCUT2D eigenvalue weighted by molar-refractivity contribution is 8.00. The predicted octanol–water partition coefficient (Wildman–Crippen LogP) is 5.37. The summed E-state index contributed by atoms with van der Waals surface area (Å²) in [4.78, 5) is 25.1. The molecule has 4 aliphatic carbocycles. The molecule has 10 rings (SSSR count). The fourth-order valence-corrected chi connectivity index (χ4v) is 17.8. The second kappa shape index (κ2) is 19.3. The highest BCUT2D eigenvalue weighted by Gasteiger charge is 2.64. The van der Waals surface area contributed by atoms with Crippen LogP contribution >= 0.6 is 11.8 Å². The molecule has 0 aromatic rings. The van der Waals surface area contributed by atoms with E-state index in [0.29, 0.717) is 46.9 Å². The maximum absolute atomic E-state index is 13.8. The van der Waals surface area contributed by atoms with Gasteiger partial charge in [0.25, 0.3) is 0 Å². The molecule has 0 aromatic carbocycles. The lowest BCUT2D eigenvalue weighted by Crippen LogP contribution is -2.75. The molecule has 0 bridgehead atoms. The topological polar surface area (TPSA) is 160 Å². The van der Waals surface area contributed by atoms with Crippen LogP contribution in [0.4, 0.5) is 0 Å². The van der Waals surface area contributed by atoms with Gasteiger partial charge >= 0.3 is 0 Å². The van der Waals surface area contributed by atoms with Gasteiger partial charge in [-0.3, -0.25) is 35.5 Å². The molecule has 10 aliphatic rings. The summed E-state index contributed by atoms with van der Waals surface area (Å²) in [6.07, 6.45) is 16.1. The van der Waals surface area contributed by atoms with E-state index in [4.69, 9.17) is 19.2 Å². The number of nitrogens with one attached hydrogen (secondary N) is 6. The molecule has 6 N–H and O–H groups in total. The molecule has 14 nitrogen and oxygen atoms in total. The number of thioether (sulfide) groups is 1. The zero-order valence-corrected chi connectivity index (χ0v) is 42.5. The van der Waals surface area contributed by atoms with Crippen LogP contribution in [-0.2, 0) is 19.0 Å². The number of aliphatic imine (C=N–C) groups is 1. The van der Waals surface area contributed by atoms with E-state index >= 15 is 0 Å². The first-order chi connectivity index (χ1) is 31.7. The van der Waals surface area contributed by atoms with Crippen LogP contribution in [0, 0.1) is 69.0 Å². The van der Waals surface area contributed by atoms with E-state index in [9.17, 15) is 10.1 Å². The minimum absolute atomic E-state index is 0.0159. The molecule has 1 spiro atoms. The first kappa shape index (κ1) is 48.2. The smallest absolute Gasteiger partial charge is 0.225 e. The predicted molar refractivity (Wildman–Crippen MR) is 260 cm³/mol. The monoisotopic (exact) mass is 935 g/mol. The number of amides is 1. The van der Waals surface area contributed by atoms with Gasteiger partial charge in [-0.15, -0.1) is 11.8 Å². The summed E-state index contributed by atoms with van der Waals surface area (Å²) in [5.41, 5.74) is 8.88. The molecule has 0 aromatic heterocycles. The molecule has 11 atom stereocenters. The minimum Gasteiger partial charge on any atom is -0.380 e. The van der Waals surface area contributed by atoms with Gasteiger partial charge in [-0.2, -0.15) is 5.26 Å². The van der Waals surface area contributed by atoms with Gasteiger partial charge in [-0.1, -0.05) is 41.5 Å².